The van der Waals surface area contributed by atoms with Crippen molar-refractivity contribution in [3.05, 3.63) is 41.7 Å². The molecular weight excluding hydrogens is 286 g/mol. The lowest BCUT2D eigenvalue weighted by molar-refractivity contribution is -0.115. The van der Waals surface area contributed by atoms with E-state index in [1.54, 1.807) is 23.7 Å². The molecule has 2 heterocycles. The first kappa shape index (κ1) is 14.2. The molecule has 0 unspecified atom stereocenters. The second-order valence-electron chi connectivity index (χ2n) is 4.69. The van der Waals surface area contributed by atoms with Crippen LogP contribution in [0.25, 0.3) is 0 Å². The van der Waals surface area contributed by atoms with Gasteiger partial charge in [0.25, 0.3) is 0 Å². The van der Waals surface area contributed by atoms with Gasteiger partial charge in [-0.25, -0.2) is 4.98 Å². The van der Waals surface area contributed by atoms with Gasteiger partial charge in [0.05, 0.1) is 5.69 Å². The normalized spacial score (nSPS) is 12.6. The van der Waals surface area contributed by atoms with E-state index in [0.29, 0.717) is 41.9 Å². The SMILES string of the molecule is CC(=O)N(c1ccc2c(c1)OCCO2)c1cc(N[O-])ccn1. The highest BCUT2D eigenvalue weighted by Gasteiger charge is 2.19. The van der Waals surface area contributed by atoms with Gasteiger partial charge in [0.2, 0.25) is 5.91 Å². The Kier molecular flexibility index (Phi) is 3.80. The minimum atomic E-state index is -0.229. The van der Waals surface area contributed by atoms with Crippen molar-refractivity contribution in [2.75, 3.05) is 23.6 Å². The number of aromatic nitrogens is 1. The van der Waals surface area contributed by atoms with Crippen LogP contribution in [0.1, 0.15) is 6.92 Å². The Morgan fingerprint density at radius 1 is 1.23 bits per heavy atom. The van der Waals surface area contributed by atoms with E-state index >= 15 is 0 Å². The number of anilines is 3. The monoisotopic (exact) mass is 300 g/mol. The van der Waals surface area contributed by atoms with Crippen LogP contribution in [0.3, 0.4) is 0 Å². The minimum absolute atomic E-state index is 0.229. The molecule has 0 aliphatic carbocycles. The van der Waals surface area contributed by atoms with Crippen molar-refractivity contribution in [3.8, 4) is 11.5 Å². The molecule has 0 spiro atoms. The minimum Gasteiger partial charge on any atom is -0.761 e. The van der Waals surface area contributed by atoms with E-state index in [2.05, 4.69) is 4.98 Å². The summed E-state index contributed by atoms with van der Waals surface area (Å²) in [6, 6.07) is 8.24. The first-order valence-electron chi connectivity index (χ1n) is 6.73. The second kappa shape index (κ2) is 5.90. The molecule has 1 aromatic heterocycles. The van der Waals surface area contributed by atoms with Crippen molar-refractivity contribution in [2.45, 2.75) is 6.92 Å². The smallest absolute Gasteiger partial charge is 0.229 e. The third kappa shape index (κ3) is 2.66. The molecule has 2 aromatic rings. The van der Waals surface area contributed by atoms with Gasteiger partial charge in [-0.1, -0.05) is 0 Å². The maximum Gasteiger partial charge on any atom is 0.229 e. The first-order valence-corrected chi connectivity index (χ1v) is 6.73. The summed E-state index contributed by atoms with van der Waals surface area (Å²) in [6.45, 7) is 2.39. The Balaban J connectivity index is 2.02. The summed E-state index contributed by atoms with van der Waals surface area (Å²) in [4.78, 5) is 17.6. The van der Waals surface area contributed by atoms with Crippen molar-refractivity contribution >= 4 is 23.1 Å². The van der Waals surface area contributed by atoms with Gasteiger partial charge in [0.15, 0.2) is 11.5 Å². The van der Waals surface area contributed by atoms with Crippen molar-refractivity contribution in [2.24, 2.45) is 0 Å². The predicted molar refractivity (Wildman–Crippen MR) is 81.5 cm³/mol. The molecule has 0 saturated heterocycles. The fourth-order valence-electron chi connectivity index (χ4n) is 2.25. The summed E-state index contributed by atoms with van der Waals surface area (Å²) >= 11 is 0. The van der Waals surface area contributed by atoms with E-state index in [0.717, 1.165) is 0 Å². The van der Waals surface area contributed by atoms with Crippen LogP contribution in [0.2, 0.25) is 0 Å². The molecule has 0 bridgehead atoms. The summed E-state index contributed by atoms with van der Waals surface area (Å²) in [5, 5.41) is 10.8. The van der Waals surface area contributed by atoms with Gasteiger partial charge in [-0.05, 0) is 18.2 Å². The number of nitrogens with zero attached hydrogens (tertiary/aromatic N) is 2. The van der Waals surface area contributed by atoms with Crippen molar-refractivity contribution in [3.63, 3.8) is 0 Å². The number of pyridine rings is 1. The van der Waals surface area contributed by atoms with Crippen LogP contribution in [-0.4, -0.2) is 24.1 Å². The number of nitrogens with one attached hydrogen (secondary N) is 1. The summed E-state index contributed by atoms with van der Waals surface area (Å²) in [5.41, 5.74) is 2.71. The molecule has 0 atom stereocenters. The highest BCUT2D eigenvalue weighted by Crippen LogP contribution is 2.36. The van der Waals surface area contributed by atoms with E-state index in [1.165, 1.54) is 30.2 Å². The zero-order valence-electron chi connectivity index (χ0n) is 11.9. The van der Waals surface area contributed by atoms with E-state index in [9.17, 15) is 10.0 Å². The molecule has 1 N–H and O–H groups in total. The molecule has 22 heavy (non-hydrogen) atoms. The van der Waals surface area contributed by atoms with Crippen LogP contribution >= 0.6 is 0 Å². The molecule has 1 aliphatic rings. The van der Waals surface area contributed by atoms with E-state index in [4.69, 9.17) is 9.47 Å². The number of hydrogen-bond donors (Lipinski definition) is 1. The van der Waals surface area contributed by atoms with Gasteiger partial charge in [-0.2, -0.15) is 0 Å². The predicted octanol–water partition coefficient (Wildman–Crippen LogP) is 2.45. The lowest BCUT2D eigenvalue weighted by atomic mass is 10.2. The topological polar surface area (TPSA) is 86.8 Å². The fourth-order valence-corrected chi connectivity index (χ4v) is 2.25. The van der Waals surface area contributed by atoms with Crippen LogP contribution in [0.5, 0.6) is 11.5 Å². The molecule has 1 aliphatic heterocycles. The number of ether oxygens (including phenoxy) is 2. The Bertz CT molecular complexity index is 705. The fraction of sp³-hybridized carbons (Fsp3) is 0.200. The number of fused-ring (bicyclic) bond motifs is 1. The largest absolute Gasteiger partial charge is 0.761 e. The van der Waals surface area contributed by atoms with Crippen LogP contribution in [0, 0.1) is 5.21 Å². The quantitative estimate of drug-likeness (QED) is 0.876. The van der Waals surface area contributed by atoms with Crippen molar-refractivity contribution < 1.29 is 14.3 Å². The Morgan fingerprint density at radius 2 is 2.00 bits per heavy atom. The van der Waals surface area contributed by atoms with Crippen molar-refractivity contribution in [1.82, 2.24) is 4.98 Å². The van der Waals surface area contributed by atoms with Crippen molar-refractivity contribution in [1.29, 1.82) is 0 Å². The van der Waals surface area contributed by atoms with Gasteiger partial charge in [0.1, 0.15) is 19.0 Å². The number of carbonyl (C=O) groups excluding carboxylic acids is 1. The zero-order valence-corrected chi connectivity index (χ0v) is 11.9. The lowest BCUT2D eigenvalue weighted by Gasteiger charge is -2.24. The number of hydrogen-bond acceptors (Lipinski definition) is 6. The van der Waals surface area contributed by atoms with Crippen LogP contribution in [0.15, 0.2) is 36.5 Å². The lowest BCUT2D eigenvalue weighted by Crippen LogP contribution is -2.24. The van der Waals surface area contributed by atoms with E-state index in [1.807, 2.05) is 0 Å². The summed E-state index contributed by atoms with van der Waals surface area (Å²) < 4.78 is 11.0. The van der Waals surface area contributed by atoms with Gasteiger partial charge in [-0.3, -0.25) is 9.69 Å². The molecule has 0 saturated carbocycles. The Morgan fingerprint density at radius 3 is 2.73 bits per heavy atom. The van der Waals surface area contributed by atoms with Gasteiger partial charge in [0, 0.05) is 30.9 Å². The molecule has 7 nitrogen and oxygen atoms in total. The molecule has 0 fully saturated rings. The average molecular weight is 300 g/mol. The van der Waals surface area contributed by atoms with Gasteiger partial charge in [-0.15, -0.1) is 0 Å². The first-order chi connectivity index (χ1) is 10.7. The van der Waals surface area contributed by atoms with Gasteiger partial charge < -0.3 is 20.2 Å². The Labute approximate surface area is 127 Å². The Hall–Kier alpha value is -2.80. The van der Waals surface area contributed by atoms with Gasteiger partial charge >= 0.3 is 0 Å². The maximum atomic E-state index is 12.0. The standard InChI is InChI=1S/C15H14N3O4/c1-10(19)18(15-8-11(17-20)4-5-16-15)12-2-3-13-14(9-12)22-7-6-21-13/h2-5,8-9H,6-7H2,1H3,(H-,16,17,20)/q-1. The molecule has 114 valence electrons. The number of carbonyl (C=O) groups is 1. The van der Waals surface area contributed by atoms with E-state index in [-0.39, 0.29) is 5.91 Å². The molecule has 1 amide bonds. The maximum absolute atomic E-state index is 12.0. The third-order valence-electron chi connectivity index (χ3n) is 3.19. The van der Waals surface area contributed by atoms with Crippen LogP contribution in [0.4, 0.5) is 17.2 Å². The summed E-state index contributed by atoms with van der Waals surface area (Å²) in [7, 11) is 0. The highest BCUT2D eigenvalue weighted by molar-refractivity contribution is 5.98. The number of rotatable bonds is 3. The molecular formula is C15H14N3O4-. The molecule has 0 radical (unpaired) electrons. The van der Waals surface area contributed by atoms with Crippen LogP contribution < -0.4 is 19.9 Å². The molecule has 1 aromatic carbocycles. The van der Waals surface area contributed by atoms with E-state index < -0.39 is 0 Å². The summed E-state index contributed by atoms with van der Waals surface area (Å²) in [5.74, 6) is 1.34. The zero-order chi connectivity index (χ0) is 15.5. The molecule has 3 rings (SSSR count). The van der Waals surface area contributed by atoms with Crippen LogP contribution in [-0.2, 0) is 4.79 Å². The third-order valence-corrected chi connectivity index (χ3v) is 3.19. The average Bonchev–Trinajstić information content (AvgIpc) is 2.55. The second-order valence-corrected chi connectivity index (χ2v) is 4.69. The highest BCUT2D eigenvalue weighted by atomic mass is 16.6. The number of benzene rings is 1. The molecule has 7 heteroatoms. The number of amides is 1. The summed E-state index contributed by atoms with van der Waals surface area (Å²) in [6.07, 6.45) is 1.46.